The van der Waals surface area contributed by atoms with E-state index in [1.165, 1.54) is 18.1 Å². The number of amides is 1. The van der Waals surface area contributed by atoms with Gasteiger partial charge in [-0.1, -0.05) is 62.4 Å². The monoisotopic (exact) mass is 574 g/mol. The van der Waals surface area contributed by atoms with E-state index in [1.807, 2.05) is 57.3 Å². The van der Waals surface area contributed by atoms with Gasteiger partial charge in [0.15, 0.2) is 0 Å². The summed E-state index contributed by atoms with van der Waals surface area (Å²) >= 11 is 0. The fraction of sp³-hybridized carbons (Fsp3) is 0.457. The minimum Gasteiger partial charge on any atom is -0.465 e. The van der Waals surface area contributed by atoms with Crippen LogP contribution in [0.15, 0.2) is 72.8 Å². The van der Waals surface area contributed by atoms with Gasteiger partial charge >= 0.3 is 11.9 Å². The van der Waals surface area contributed by atoms with Crippen molar-refractivity contribution in [2.75, 3.05) is 30.9 Å². The molecular weight excluding hydrogens is 528 g/mol. The summed E-state index contributed by atoms with van der Waals surface area (Å²) in [5.41, 5.74) is 5.69. The number of hydrogen-bond acceptors (Lipinski definition) is 6. The Morgan fingerprint density at radius 2 is 1.21 bits per heavy atom. The highest BCUT2D eigenvalue weighted by molar-refractivity contribution is 5.88. The molecule has 6 rings (SSSR count). The molecule has 2 N–H and O–H groups in total. The van der Waals surface area contributed by atoms with Gasteiger partial charge in [0.05, 0.1) is 24.0 Å². The Hall–Kier alpha value is -3.87. The van der Waals surface area contributed by atoms with E-state index in [0.29, 0.717) is 25.6 Å². The van der Waals surface area contributed by atoms with Crippen molar-refractivity contribution >= 4 is 29.2 Å². The van der Waals surface area contributed by atoms with E-state index in [0.717, 1.165) is 54.6 Å². The fourth-order valence-corrected chi connectivity index (χ4v) is 6.95. The highest BCUT2D eigenvalue weighted by Crippen LogP contribution is 2.53. The first kappa shape index (κ1) is 31.1. The van der Waals surface area contributed by atoms with E-state index in [-0.39, 0.29) is 30.6 Å². The molecule has 42 heavy (non-hydrogen) atoms. The van der Waals surface area contributed by atoms with Gasteiger partial charge in [0.25, 0.3) is 0 Å². The molecule has 226 valence electrons. The molecular formula is C35H46N2O5. The van der Waals surface area contributed by atoms with Crippen molar-refractivity contribution in [3.63, 3.8) is 0 Å². The predicted octanol–water partition coefficient (Wildman–Crippen LogP) is 6.75. The molecule has 4 fully saturated rings. The number of esters is 2. The standard InChI is InChI=1S/C17H19NO3.C16H19NO2.C2H6.H2/c1-11-7-14-10-21-16(20)17(14,8-11)9-13-3-5-15(6-4-13)18-12(2)19;1-11-7-13-10-19-15(18)16(13,8-11)9-12-3-5-14(17-2)6-4-12;1-2;/h3-6,14H,1,7-10H2,2H3,(H,18,19);3-6,13,17H,1,7-10H2,2H3;1-2H3;1H. The molecule has 2 saturated heterocycles. The van der Waals surface area contributed by atoms with E-state index >= 15 is 0 Å². The molecule has 4 aliphatic rings. The first-order valence-electron chi connectivity index (χ1n) is 14.9. The number of allylic oxidation sites excluding steroid dienone is 2. The van der Waals surface area contributed by atoms with Crippen molar-refractivity contribution in [2.24, 2.45) is 22.7 Å². The lowest BCUT2D eigenvalue weighted by molar-refractivity contribution is -0.147. The van der Waals surface area contributed by atoms with Crippen molar-refractivity contribution in [2.45, 2.75) is 59.3 Å². The zero-order chi connectivity index (χ0) is 30.5. The fourth-order valence-electron chi connectivity index (χ4n) is 6.95. The number of carbonyl (C=O) groups is 3. The van der Waals surface area contributed by atoms with Crippen molar-refractivity contribution in [3.8, 4) is 0 Å². The zero-order valence-electron chi connectivity index (χ0n) is 25.4. The van der Waals surface area contributed by atoms with Gasteiger partial charge in [-0.3, -0.25) is 14.4 Å². The molecule has 2 aromatic rings. The van der Waals surface area contributed by atoms with E-state index in [2.05, 4.69) is 35.9 Å². The zero-order valence-corrected chi connectivity index (χ0v) is 25.4. The molecule has 2 aliphatic carbocycles. The van der Waals surface area contributed by atoms with Gasteiger partial charge in [-0.15, -0.1) is 0 Å². The Labute approximate surface area is 251 Å². The number of fused-ring (bicyclic) bond motifs is 2. The molecule has 4 atom stereocenters. The van der Waals surface area contributed by atoms with Crippen molar-refractivity contribution in [1.82, 2.24) is 0 Å². The summed E-state index contributed by atoms with van der Waals surface area (Å²) in [5, 5.41) is 5.84. The second-order valence-electron chi connectivity index (χ2n) is 11.8. The van der Waals surface area contributed by atoms with Crippen LogP contribution in [-0.4, -0.2) is 38.1 Å². The lowest BCUT2D eigenvalue weighted by Gasteiger charge is -2.24. The number of carbonyl (C=O) groups excluding carboxylic acids is 3. The Bertz CT molecular complexity index is 1340. The van der Waals surface area contributed by atoms with Crippen LogP contribution in [0.4, 0.5) is 11.4 Å². The van der Waals surface area contributed by atoms with E-state index in [9.17, 15) is 14.4 Å². The Kier molecular flexibility index (Phi) is 9.60. The van der Waals surface area contributed by atoms with E-state index in [4.69, 9.17) is 9.47 Å². The molecule has 7 nitrogen and oxygen atoms in total. The molecule has 2 heterocycles. The summed E-state index contributed by atoms with van der Waals surface area (Å²) in [4.78, 5) is 35.4. The molecule has 2 saturated carbocycles. The van der Waals surface area contributed by atoms with Gasteiger partial charge in [-0.25, -0.2) is 0 Å². The number of hydrogen-bond donors (Lipinski definition) is 2. The lowest BCUT2D eigenvalue weighted by Crippen LogP contribution is -2.31. The Morgan fingerprint density at radius 3 is 1.60 bits per heavy atom. The highest BCUT2D eigenvalue weighted by Gasteiger charge is 2.56. The lowest BCUT2D eigenvalue weighted by atomic mass is 9.75. The maximum Gasteiger partial charge on any atom is 0.313 e. The van der Waals surface area contributed by atoms with Crippen LogP contribution in [0.25, 0.3) is 0 Å². The van der Waals surface area contributed by atoms with E-state index < -0.39 is 5.41 Å². The topological polar surface area (TPSA) is 93.7 Å². The Balaban J connectivity index is 0.000000219. The summed E-state index contributed by atoms with van der Waals surface area (Å²) in [6, 6.07) is 15.9. The minimum absolute atomic E-state index is 0. The Morgan fingerprint density at radius 1 is 0.810 bits per heavy atom. The van der Waals surface area contributed by atoms with Crippen molar-refractivity contribution in [3.05, 3.63) is 84.0 Å². The summed E-state index contributed by atoms with van der Waals surface area (Å²) in [7, 11) is 1.90. The molecule has 4 unspecified atom stereocenters. The molecule has 2 aliphatic heterocycles. The molecule has 2 aromatic carbocycles. The van der Waals surface area contributed by atoms with Gasteiger partial charge in [-0.05, 0) is 73.9 Å². The summed E-state index contributed by atoms with van der Waals surface area (Å²) in [6.45, 7) is 14.7. The SMILES string of the molecule is C=C1CC2COC(=O)C2(Cc2ccc(NC(C)=O)cc2)C1.C=C1CC2COC(=O)C2(Cc2ccc(NC)cc2)C1.CC.[HH]. The van der Waals surface area contributed by atoms with Gasteiger partial charge < -0.3 is 20.1 Å². The number of benzene rings is 2. The second-order valence-corrected chi connectivity index (χ2v) is 11.8. The maximum atomic E-state index is 12.2. The van der Waals surface area contributed by atoms with E-state index in [1.54, 1.807) is 0 Å². The molecule has 0 aromatic heterocycles. The quantitative estimate of drug-likeness (QED) is 0.293. The molecule has 1 amide bonds. The first-order valence-corrected chi connectivity index (χ1v) is 14.9. The molecule has 0 bridgehead atoms. The van der Waals surface area contributed by atoms with Crippen molar-refractivity contribution in [1.29, 1.82) is 0 Å². The number of ether oxygens (including phenoxy) is 2. The normalized spacial score (nSPS) is 27.0. The third-order valence-corrected chi connectivity index (χ3v) is 8.96. The average Bonchev–Trinajstić information content (AvgIpc) is 3.65. The van der Waals surface area contributed by atoms with Gasteiger partial charge in [0.2, 0.25) is 5.91 Å². The smallest absolute Gasteiger partial charge is 0.313 e. The number of anilines is 2. The minimum atomic E-state index is -0.424. The predicted molar refractivity (Wildman–Crippen MR) is 168 cm³/mol. The van der Waals surface area contributed by atoms with Crippen LogP contribution in [0.1, 0.15) is 59.0 Å². The van der Waals surface area contributed by atoms with Crippen LogP contribution in [0.2, 0.25) is 0 Å². The van der Waals surface area contributed by atoms with Crippen LogP contribution in [-0.2, 0) is 36.7 Å². The van der Waals surface area contributed by atoms with Crippen LogP contribution in [0, 0.1) is 22.7 Å². The van der Waals surface area contributed by atoms with Gasteiger partial charge in [-0.2, -0.15) is 0 Å². The molecule has 7 heteroatoms. The van der Waals surface area contributed by atoms with Gasteiger partial charge in [0.1, 0.15) is 0 Å². The highest BCUT2D eigenvalue weighted by atomic mass is 16.5. The van der Waals surface area contributed by atoms with Crippen LogP contribution in [0.3, 0.4) is 0 Å². The van der Waals surface area contributed by atoms with Crippen LogP contribution < -0.4 is 10.6 Å². The largest absolute Gasteiger partial charge is 0.465 e. The van der Waals surface area contributed by atoms with Crippen molar-refractivity contribution < 1.29 is 25.3 Å². The molecule has 0 radical (unpaired) electrons. The average molecular weight is 575 g/mol. The number of cyclic esters (lactones) is 2. The second kappa shape index (κ2) is 13.0. The molecule has 0 spiro atoms. The van der Waals surface area contributed by atoms with Crippen LogP contribution in [0.5, 0.6) is 0 Å². The summed E-state index contributed by atoms with van der Waals surface area (Å²) in [5.74, 6) is 0.364. The maximum absolute atomic E-state index is 12.2. The third-order valence-electron chi connectivity index (χ3n) is 8.96. The summed E-state index contributed by atoms with van der Waals surface area (Å²) in [6.07, 6.45) is 4.76. The number of rotatable bonds is 6. The third kappa shape index (κ3) is 6.30. The number of nitrogens with one attached hydrogen (secondary N) is 2. The van der Waals surface area contributed by atoms with Gasteiger partial charge in [0, 0.05) is 38.6 Å². The summed E-state index contributed by atoms with van der Waals surface area (Å²) < 4.78 is 10.6. The first-order chi connectivity index (χ1) is 20.1. The van der Waals surface area contributed by atoms with Crippen LogP contribution >= 0.6 is 0 Å².